The molecule has 1 aromatic heterocycles. The molecule has 0 radical (unpaired) electrons. The zero-order valence-electron chi connectivity index (χ0n) is 11.4. The van der Waals surface area contributed by atoms with Crippen molar-refractivity contribution in [2.45, 2.75) is 26.9 Å². The van der Waals surface area contributed by atoms with E-state index in [0.29, 0.717) is 12.2 Å². The SMILES string of the molecule is Cc1cc(Br)cc(C)c1NC(=O)Cn1cc(CN)nn1. The second kappa shape index (κ2) is 6.15. The number of rotatable bonds is 4. The summed E-state index contributed by atoms with van der Waals surface area (Å²) in [7, 11) is 0. The average molecular weight is 338 g/mol. The number of aromatic nitrogens is 3. The summed E-state index contributed by atoms with van der Waals surface area (Å²) in [6.45, 7) is 4.33. The Bertz CT molecular complexity index is 614. The van der Waals surface area contributed by atoms with Gasteiger partial charge in [0.1, 0.15) is 6.54 Å². The summed E-state index contributed by atoms with van der Waals surface area (Å²) in [5, 5.41) is 10.6. The normalized spacial score (nSPS) is 10.6. The Morgan fingerprint density at radius 3 is 2.60 bits per heavy atom. The van der Waals surface area contributed by atoms with Gasteiger partial charge in [-0.05, 0) is 37.1 Å². The molecule has 0 aliphatic rings. The van der Waals surface area contributed by atoms with Gasteiger partial charge in [0.25, 0.3) is 0 Å². The maximum atomic E-state index is 12.0. The van der Waals surface area contributed by atoms with Gasteiger partial charge in [-0.2, -0.15) is 0 Å². The minimum absolute atomic E-state index is 0.113. The van der Waals surface area contributed by atoms with E-state index in [1.54, 1.807) is 6.20 Å². The highest BCUT2D eigenvalue weighted by atomic mass is 79.9. The average Bonchev–Trinajstić information content (AvgIpc) is 2.81. The van der Waals surface area contributed by atoms with Gasteiger partial charge in [0.15, 0.2) is 0 Å². The maximum Gasteiger partial charge on any atom is 0.246 e. The maximum absolute atomic E-state index is 12.0. The molecule has 0 bridgehead atoms. The molecule has 0 aliphatic heterocycles. The summed E-state index contributed by atoms with van der Waals surface area (Å²) in [6, 6.07) is 3.93. The molecule has 2 rings (SSSR count). The van der Waals surface area contributed by atoms with Gasteiger partial charge in [-0.25, -0.2) is 4.68 Å². The molecule has 1 amide bonds. The molecular weight excluding hydrogens is 322 g/mol. The molecule has 0 saturated heterocycles. The number of amides is 1. The van der Waals surface area contributed by atoms with Crippen LogP contribution in [0.25, 0.3) is 0 Å². The Morgan fingerprint density at radius 1 is 1.40 bits per heavy atom. The Morgan fingerprint density at radius 2 is 2.05 bits per heavy atom. The van der Waals surface area contributed by atoms with Gasteiger partial charge in [0, 0.05) is 16.7 Å². The summed E-state index contributed by atoms with van der Waals surface area (Å²) in [4.78, 5) is 12.0. The van der Waals surface area contributed by atoms with Crippen LogP contribution in [-0.4, -0.2) is 20.9 Å². The number of aryl methyl sites for hydroxylation is 2. The molecule has 2 aromatic rings. The highest BCUT2D eigenvalue weighted by Crippen LogP contribution is 2.25. The van der Waals surface area contributed by atoms with Crippen molar-refractivity contribution in [2.24, 2.45) is 5.73 Å². The first-order valence-electron chi connectivity index (χ1n) is 6.15. The van der Waals surface area contributed by atoms with Crippen molar-refractivity contribution < 1.29 is 4.79 Å². The van der Waals surface area contributed by atoms with Crippen molar-refractivity contribution in [3.05, 3.63) is 39.6 Å². The highest BCUT2D eigenvalue weighted by molar-refractivity contribution is 9.10. The molecule has 0 saturated carbocycles. The second-order valence-electron chi connectivity index (χ2n) is 4.57. The number of benzene rings is 1. The van der Waals surface area contributed by atoms with Gasteiger partial charge in [0.2, 0.25) is 5.91 Å². The van der Waals surface area contributed by atoms with E-state index in [9.17, 15) is 4.79 Å². The third kappa shape index (κ3) is 3.43. The number of hydrogen-bond donors (Lipinski definition) is 2. The Kier molecular flexibility index (Phi) is 4.51. The Labute approximate surface area is 125 Å². The lowest BCUT2D eigenvalue weighted by Gasteiger charge is -2.12. The fraction of sp³-hybridized carbons (Fsp3) is 0.308. The number of nitrogens with one attached hydrogen (secondary N) is 1. The van der Waals surface area contributed by atoms with Crippen LogP contribution in [0.15, 0.2) is 22.8 Å². The molecule has 20 heavy (non-hydrogen) atoms. The third-order valence-corrected chi connectivity index (χ3v) is 3.32. The number of carbonyl (C=O) groups excluding carboxylic acids is 1. The van der Waals surface area contributed by atoms with Gasteiger partial charge < -0.3 is 11.1 Å². The predicted octanol–water partition coefficient (Wildman–Crippen LogP) is 1.75. The van der Waals surface area contributed by atoms with Gasteiger partial charge in [0.05, 0.1) is 11.9 Å². The molecule has 106 valence electrons. The molecule has 1 aromatic carbocycles. The van der Waals surface area contributed by atoms with Crippen molar-refractivity contribution >= 4 is 27.5 Å². The molecule has 1 heterocycles. The van der Waals surface area contributed by atoms with E-state index >= 15 is 0 Å². The predicted molar refractivity (Wildman–Crippen MR) is 80.2 cm³/mol. The molecular formula is C13H16BrN5O. The molecule has 0 fully saturated rings. The third-order valence-electron chi connectivity index (χ3n) is 2.86. The number of halogens is 1. The molecule has 0 spiro atoms. The Balaban J connectivity index is 2.08. The van der Waals surface area contributed by atoms with E-state index in [1.807, 2.05) is 26.0 Å². The van der Waals surface area contributed by atoms with Crippen molar-refractivity contribution in [2.75, 3.05) is 5.32 Å². The molecule has 0 atom stereocenters. The van der Waals surface area contributed by atoms with Crippen LogP contribution in [0.4, 0.5) is 5.69 Å². The summed E-state index contributed by atoms with van der Waals surface area (Å²) in [5.74, 6) is -0.146. The topological polar surface area (TPSA) is 85.8 Å². The minimum Gasteiger partial charge on any atom is -0.325 e. The van der Waals surface area contributed by atoms with Crippen molar-refractivity contribution in [3.8, 4) is 0 Å². The van der Waals surface area contributed by atoms with Crippen LogP contribution in [0.3, 0.4) is 0 Å². The van der Waals surface area contributed by atoms with E-state index in [2.05, 4.69) is 31.6 Å². The zero-order valence-corrected chi connectivity index (χ0v) is 12.9. The number of carbonyl (C=O) groups is 1. The fourth-order valence-electron chi connectivity index (χ4n) is 1.94. The van der Waals surface area contributed by atoms with E-state index in [-0.39, 0.29) is 12.5 Å². The fourth-order valence-corrected chi connectivity index (χ4v) is 2.63. The van der Waals surface area contributed by atoms with Gasteiger partial charge in [-0.15, -0.1) is 5.10 Å². The first-order chi connectivity index (χ1) is 9.49. The quantitative estimate of drug-likeness (QED) is 0.889. The number of nitrogens with two attached hydrogens (primary N) is 1. The lowest BCUT2D eigenvalue weighted by Crippen LogP contribution is -2.20. The van der Waals surface area contributed by atoms with Crippen molar-refractivity contribution in [1.82, 2.24) is 15.0 Å². The molecule has 0 unspecified atom stereocenters. The lowest BCUT2D eigenvalue weighted by atomic mass is 10.1. The largest absolute Gasteiger partial charge is 0.325 e. The van der Waals surface area contributed by atoms with E-state index in [1.165, 1.54) is 4.68 Å². The lowest BCUT2D eigenvalue weighted by molar-refractivity contribution is -0.116. The number of anilines is 1. The van der Waals surface area contributed by atoms with Crippen LogP contribution in [0.1, 0.15) is 16.8 Å². The molecule has 0 aliphatic carbocycles. The second-order valence-corrected chi connectivity index (χ2v) is 5.49. The molecule has 7 heteroatoms. The standard InChI is InChI=1S/C13H16BrN5O/c1-8-3-10(14)4-9(2)13(8)16-12(20)7-19-6-11(5-15)17-18-19/h3-4,6H,5,7,15H2,1-2H3,(H,16,20). The van der Waals surface area contributed by atoms with Crippen LogP contribution in [0.2, 0.25) is 0 Å². The van der Waals surface area contributed by atoms with Gasteiger partial charge >= 0.3 is 0 Å². The highest BCUT2D eigenvalue weighted by Gasteiger charge is 2.10. The van der Waals surface area contributed by atoms with E-state index in [4.69, 9.17) is 5.73 Å². The minimum atomic E-state index is -0.146. The summed E-state index contributed by atoms with van der Waals surface area (Å²) >= 11 is 3.43. The molecule has 6 nitrogen and oxygen atoms in total. The van der Waals surface area contributed by atoms with Gasteiger partial charge in [-0.3, -0.25) is 4.79 Å². The first kappa shape index (κ1) is 14.7. The van der Waals surface area contributed by atoms with E-state index < -0.39 is 0 Å². The monoisotopic (exact) mass is 337 g/mol. The van der Waals surface area contributed by atoms with Crippen LogP contribution in [0, 0.1) is 13.8 Å². The van der Waals surface area contributed by atoms with Crippen LogP contribution in [-0.2, 0) is 17.9 Å². The molecule has 3 N–H and O–H groups in total. The van der Waals surface area contributed by atoms with Gasteiger partial charge in [-0.1, -0.05) is 21.1 Å². The van der Waals surface area contributed by atoms with Crippen molar-refractivity contribution in [3.63, 3.8) is 0 Å². The summed E-state index contributed by atoms with van der Waals surface area (Å²) < 4.78 is 2.47. The van der Waals surface area contributed by atoms with Crippen LogP contribution < -0.4 is 11.1 Å². The number of nitrogens with zero attached hydrogens (tertiary/aromatic N) is 3. The van der Waals surface area contributed by atoms with Crippen LogP contribution in [0.5, 0.6) is 0 Å². The zero-order chi connectivity index (χ0) is 14.7. The smallest absolute Gasteiger partial charge is 0.246 e. The number of hydrogen-bond acceptors (Lipinski definition) is 4. The summed E-state index contributed by atoms with van der Waals surface area (Å²) in [6.07, 6.45) is 1.67. The van der Waals surface area contributed by atoms with E-state index in [0.717, 1.165) is 21.3 Å². The Hall–Kier alpha value is -1.73. The van der Waals surface area contributed by atoms with Crippen LogP contribution >= 0.6 is 15.9 Å². The first-order valence-corrected chi connectivity index (χ1v) is 6.94. The summed E-state index contributed by atoms with van der Waals surface area (Å²) in [5.41, 5.74) is 8.95. The van der Waals surface area contributed by atoms with Crippen molar-refractivity contribution in [1.29, 1.82) is 0 Å².